The summed E-state index contributed by atoms with van der Waals surface area (Å²) in [7, 11) is 0. The van der Waals surface area contributed by atoms with Crippen LogP contribution in [0, 0.1) is 13.8 Å². The first kappa shape index (κ1) is 15.5. The van der Waals surface area contributed by atoms with Gasteiger partial charge in [-0.1, -0.05) is 19.1 Å². The molecule has 0 bridgehead atoms. The topological polar surface area (TPSA) is 34.2 Å². The summed E-state index contributed by atoms with van der Waals surface area (Å²) < 4.78 is 6.02. The molecule has 0 aliphatic heterocycles. The summed E-state index contributed by atoms with van der Waals surface area (Å²) in [4.78, 5) is 4.40. The van der Waals surface area contributed by atoms with Crippen molar-refractivity contribution < 1.29 is 4.74 Å². The normalized spacial score (nSPS) is 12.2. The van der Waals surface area contributed by atoms with E-state index in [0.717, 1.165) is 24.3 Å². The molecule has 0 amide bonds. The summed E-state index contributed by atoms with van der Waals surface area (Å²) in [6.07, 6.45) is 2.88. The molecule has 0 saturated carbocycles. The smallest absolute Gasteiger partial charge is 0.223 e. The third kappa shape index (κ3) is 4.30. The second kappa shape index (κ2) is 7.23. The minimum absolute atomic E-state index is 0.222. The lowest BCUT2D eigenvalue weighted by Gasteiger charge is -2.17. The molecule has 0 radical (unpaired) electrons. The Morgan fingerprint density at radius 3 is 2.57 bits per heavy atom. The van der Waals surface area contributed by atoms with Crippen LogP contribution in [0.25, 0.3) is 0 Å². The molecule has 3 heteroatoms. The number of nitrogens with zero attached hydrogens (tertiary/aromatic N) is 1. The van der Waals surface area contributed by atoms with Gasteiger partial charge in [0.15, 0.2) is 0 Å². The van der Waals surface area contributed by atoms with E-state index in [1.165, 1.54) is 11.1 Å². The van der Waals surface area contributed by atoms with Gasteiger partial charge < -0.3 is 10.1 Å². The Labute approximate surface area is 127 Å². The molecule has 21 heavy (non-hydrogen) atoms. The highest BCUT2D eigenvalue weighted by molar-refractivity contribution is 5.38. The van der Waals surface area contributed by atoms with E-state index in [1.807, 2.05) is 18.2 Å². The van der Waals surface area contributed by atoms with E-state index in [4.69, 9.17) is 4.74 Å². The van der Waals surface area contributed by atoms with Crippen LogP contribution in [-0.4, -0.2) is 11.5 Å². The molecule has 1 N–H and O–H groups in total. The Bertz CT molecular complexity index is 575. The molecule has 2 rings (SSSR count). The molecule has 1 atom stereocenters. The first-order chi connectivity index (χ1) is 10.1. The van der Waals surface area contributed by atoms with Crippen molar-refractivity contribution in [3.63, 3.8) is 0 Å². The fourth-order valence-corrected chi connectivity index (χ4v) is 2.39. The van der Waals surface area contributed by atoms with Gasteiger partial charge in [-0.2, -0.15) is 0 Å². The van der Waals surface area contributed by atoms with Crippen molar-refractivity contribution in [2.75, 3.05) is 6.54 Å². The van der Waals surface area contributed by atoms with Crippen LogP contribution in [0.3, 0.4) is 0 Å². The lowest BCUT2D eigenvalue weighted by molar-refractivity contribution is 0.442. The maximum atomic E-state index is 6.02. The summed E-state index contributed by atoms with van der Waals surface area (Å²) in [5, 5.41) is 3.48. The highest BCUT2D eigenvalue weighted by Crippen LogP contribution is 2.28. The third-order valence-corrected chi connectivity index (χ3v) is 3.38. The van der Waals surface area contributed by atoms with Crippen LogP contribution in [0.1, 0.15) is 43.0 Å². The SMILES string of the molecule is CCCNC(C)c1cccnc1Oc1cc(C)cc(C)c1. The molecule has 0 spiro atoms. The first-order valence-corrected chi connectivity index (χ1v) is 7.54. The van der Waals surface area contributed by atoms with Gasteiger partial charge in [0.1, 0.15) is 5.75 Å². The molecule has 0 saturated heterocycles. The summed E-state index contributed by atoms with van der Waals surface area (Å²) >= 11 is 0. The van der Waals surface area contributed by atoms with Gasteiger partial charge in [0.2, 0.25) is 5.88 Å². The average molecular weight is 284 g/mol. The summed E-state index contributed by atoms with van der Waals surface area (Å²) in [6, 6.07) is 10.5. The monoisotopic (exact) mass is 284 g/mol. The van der Waals surface area contributed by atoms with Crippen molar-refractivity contribution in [3.05, 3.63) is 53.2 Å². The molecule has 0 aliphatic rings. The van der Waals surface area contributed by atoms with Crippen LogP contribution in [0.15, 0.2) is 36.5 Å². The van der Waals surface area contributed by atoms with E-state index < -0.39 is 0 Å². The number of rotatable bonds is 6. The molecular formula is C18H24N2O. The molecule has 2 aromatic rings. The van der Waals surface area contributed by atoms with E-state index in [0.29, 0.717) is 5.88 Å². The Hall–Kier alpha value is -1.87. The van der Waals surface area contributed by atoms with Crippen molar-refractivity contribution in [3.8, 4) is 11.6 Å². The van der Waals surface area contributed by atoms with E-state index in [1.54, 1.807) is 6.20 Å². The van der Waals surface area contributed by atoms with Crippen LogP contribution in [0.2, 0.25) is 0 Å². The molecule has 1 unspecified atom stereocenters. The Morgan fingerprint density at radius 1 is 1.19 bits per heavy atom. The Kier molecular flexibility index (Phi) is 5.34. The van der Waals surface area contributed by atoms with E-state index in [9.17, 15) is 0 Å². The minimum Gasteiger partial charge on any atom is -0.439 e. The van der Waals surface area contributed by atoms with Gasteiger partial charge in [0, 0.05) is 17.8 Å². The van der Waals surface area contributed by atoms with Crippen molar-refractivity contribution in [2.45, 2.75) is 40.2 Å². The second-order valence-corrected chi connectivity index (χ2v) is 5.50. The predicted molar refractivity (Wildman–Crippen MR) is 86.9 cm³/mol. The lowest BCUT2D eigenvalue weighted by Crippen LogP contribution is -2.20. The molecule has 112 valence electrons. The highest BCUT2D eigenvalue weighted by atomic mass is 16.5. The summed E-state index contributed by atoms with van der Waals surface area (Å²) in [5.41, 5.74) is 3.48. The van der Waals surface area contributed by atoms with E-state index in [2.05, 4.69) is 50.1 Å². The zero-order valence-corrected chi connectivity index (χ0v) is 13.3. The number of benzene rings is 1. The van der Waals surface area contributed by atoms with Crippen LogP contribution < -0.4 is 10.1 Å². The van der Waals surface area contributed by atoms with Crippen LogP contribution in [0.4, 0.5) is 0 Å². The van der Waals surface area contributed by atoms with Crippen molar-refractivity contribution in [2.24, 2.45) is 0 Å². The van der Waals surface area contributed by atoms with Crippen LogP contribution in [-0.2, 0) is 0 Å². The van der Waals surface area contributed by atoms with Gasteiger partial charge in [0.25, 0.3) is 0 Å². The number of nitrogens with one attached hydrogen (secondary N) is 1. The minimum atomic E-state index is 0.222. The number of pyridine rings is 1. The third-order valence-electron chi connectivity index (χ3n) is 3.38. The standard InChI is InChI=1S/C18H24N2O/c1-5-8-19-15(4)17-7-6-9-20-18(17)21-16-11-13(2)10-14(3)12-16/h6-7,9-12,15,19H,5,8H2,1-4H3. The van der Waals surface area contributed by atoms with Crippen molar-refractivity contribution in [1.82, 2.24) is 10.3 Å². The molecule has 1 aromatic carbocycles. The van der Waals surface area contributed by atoms with Crippen molar-refractivity contribution in [1.29, 1.82) is 0 Å². The first-order valence-electron chi connectivity index (χ1n) is 7.54. The number of hydrogen-bond acceptors (Lipinski definition) is 3. The molecule has 0 fully saturated rings. The zero-order chi connectivity index (χ0) is 15.2. The second-order valence-electron chi connectivity index (χ2n) is 5.50. The highest BCUT2D eigenvalue weighted by Gasteiger charge is 2.12. The quantitative estimate of drug-likeness (QED) is 0.845. The van der Waals surface area contributed by atoms with Gasteiger partial charge >= 0.3 is 0 Å². The van der Waals surface area contributed by atoms with Gasteiger partial charge in [0.05, 0.1) is 0 Å². The predicted octanol–water partition coefficient (Wildman–Crippen LogP) is 4.55. The largest absolute Gasteiger partial charge is 0.439 e. The van der Waals surface area contributed by atoms with Crippen LogP contribution >= 0.6 is 0 Å². The van der Waals surface area contributed by atoms with Gasteiger partial charge in [-0.3, -0.25) is 0 Å². The lowest BCUT2D eigenvalue weighted by atomic mass is 10.1. The Morgan fingerprint density at radius 2 is 1.90 bits per heavy atom. The summed E-state index contributed by atoms with van der Waals surface area (Å²) in [6.45, 7) is 9.44. The maximum Gasteiger partial charge on any atom is 0.223 e. The number of aryl methyl sites for hydroxylation is 2. The fourth-order valence-electron chi connectivity index (χ4n) is 2.39. The number of ether oxygens (including phenoxy) is 1. The molecular weight excluding hydrogens is 260 g/mol. The average Bonchev–Trinajstić information content (AvgIpc) is 2.44. The number of hydrogen-bond donors (Lipinski definition) is 1. The van der Waals surface area contributed by atoms with Gasteiger partial charge in [-0.15, -0.1) is 0 Å². The fraction of sp³-hybridized carbons (Fsp3) is 0.389. The Balaban J connectivity index is 2.23. The van der Waals surface area contributed by atoms with Gasteiger partial charge in [-0.05, 0) is 63.1 Å². The molecule has 3 nitrogen and oxygen atoms in total. The van der Waals surface area contributed by atoms with E-state index in [-0.39, 0.29) is 6.04 Å². The van der Waals surface area contributed by atoms with Gasteiger partial charge in [-0.25, -0.2) is 4.98 Å². The maximum absolute atomic E-state index is 6.02. The molecule has 1 heterocycles. The van der Waals surface area contributed by atoms with Crippen molar-refractivity contribution >= 4 is 0 Å². The number of aromatic nitrogens is 1. The summed E-state index contributed by atoms with van der Waals surface area (Å²) in [5.74, 6) is 1.52. The zero-order valence-electron chi connectivity index (χ0n) is 13.3. The molecule has 0 aliphatic carbocycles. The van der Waals surface area contributed by atoms with E-state index >= 15 is 0 Å². The molecule has 1 aromatic heterocycles. The van der Waals surface area contributed by atoms with Crippen LogP contribution in [0.5, 0.6) is 11.6 Å².